The number of ether oxygens (including phenoxy) is 2. The second kappa shape index (κ2) is 6.18. The first kappa shape index (κ1) is 13.3. The Bertz CT molecular complexity index is 481. The number of unbranched alkanes of at least 4 members (excludes halogenated alkanes) is 1. The van der Waals surface area contributed by atoms with Gasteiger partial charge in [0, 0.05) is 0 Å². The maximum absolute atomic E-state index is 11.4. The van der Waals surface area contributed by atoms with E-state index >= 15 is 0 Å². The Kier molecular flexibility index (Phi) is 4.34. The molecule has 4 heteroatoms. The van der Waals surface area contributed by atoms with Gasteiger partial charge in [-0.15, -0.1) is 0 Å². The Hall–Kier alpha value is -2.10. The van der Waals surface area contributed by atoms with E-state index in [-0.39, 0.29) is 18.0 Å². The fraction of sp³-hybridized carbons (Fsp3) is 0.333. The zero-order valence-electron chi connectivity index (χ0n) is 10.8. The maximum Gasteiger partial charge on any atom is 0.342 e. The van der Waals surface area contributed by atoms with E-state index in [1.165, 1.54) is 0 Å². The van der Waals surface area contributed by atoms with Gasteiger partial charge in [0.25, 0.3) is 0 Å². The average Bonchev–Trinajstić information content (AvgIpc) is 2.73. The van der Waals surface area contributed by atoms with Gasteiger partial charge in [-0.05, 0) is 30.2 Å². The minimum atomic E-state index is -0.548. The summed E-state index contributed by atoms with van der Waals surface area (Å²) in [5.74, 6) is -0.0301. The van der Waals surface area contributed by atoms with E-state index in [1.807, 2.05) is 24.3 Å². The fourth-order valence-electron chi connectivity index (χ4n) is 1.70. The van der Waals surface area contributed by atoms with Crippen LogP contribution in [0.25, 0.3) is 6.08 Å². The third-order valence-electron chi connectivity index (χ3n) is 2.81. The lowest BCUT2D eigenvalue weighted by Gasteiger charge is -2.05. The lowest BCUT2D eigenvalue weighted by atomic mass is 10.1. The molecule has 1 aliphatic heterocycles. The molecule has 1 aromatic carbocycles. The first-order valence-electron chi connectivity index (χ1n) is 6.35. The topological polar surface area (TPSA) is 52.6 Å². The van der Waals surface area contributed by atoms with E-state index in [0.717, 1.165) is 24.2 Å². The highest BCUT2D eigenvalue weighted by Gasteiger charge is 2.27. The molecular weight excluding hydrogens is 244 g/mol. The van der Waals surface area contributed by atoms with E-state index in [0.29, 0.717) is 6.61 Å². The highest BCUT2D eigenvalue weighted by Crippen LogP contribution is 2.18. The molecule has 1 heterocycles. The molecule has 100 valence electrons. The van der Waals surface area contributed by atoms with E-state index < -0.39 is 5.97 Å². The molecule has 0 aliphatic carbocycles. The smallest absolute Gasteiger partial charge is 0.342 e. The number of cyclic esters (lactones) is 1. The summed E-state index contributed by atoms with van der Waals surface area (Å²) in [6.07, 6.45) is 3.66. The molecule has 0 saturated carbocycles. The van der Waals surface area contributed by atoms with Crippen molar-refractivity contribution in [2.24, 2.45) is 0 Å². The van der Waals surface area contributed by atoms with Gasteiger partial charge < -0.3 is 9.47 Å². The lowest BCUT2D eigenvalue weighted by molar-refractivity contribution is -0.135. The number of rotatable bonds is 5. The number of ketones is 1. The molecule has 0 unspecified atom stereocenters. The SMILES string of the molecule is CCCCOc1ccc(/C=C2/C(=O)COC2=O)cc1. The van der Waals surface area contributed by atoms with Crippen LogP contribution >= 0.6 is 0 Å². The number of hydrogen-bond acceptors (Lipinski definition) is 4. The number of carbonyl (C=O) groups is 2. The second-order valence-corrected chi connectivity index (χ2v) is 4.33. The zero-order valence-corrected chi connectivity index (χ0v) is 10.8. The van der Waals surface area contributed by atoms with E-state index in [4.69, 9.17) is 4.74 Å². The minimum absolute atomic E-state index is 0.111. The largest absolute Gasteiger partial charge is 0.494 e. The van der Waals surface area contributed by atoms with Gasteiger partial charge in [-0.2, -0.15) is 0 Å². The predicted molar refractivity (Wildman–Crippen MR) is 70.8 cm³/mol. The van der Waals surface area contributed by atoms with Crippen LogP contribution in [0.1, 0.15) is 25.3 Å². The van der Waals surface area contributed by atoms with E-state index in [1.54, 1.807) is 6.08 Å². The van der Waals surface area contributed by atoms with Crippen molar-refractivity contribution in [3.05, 3.63) is 35.4 Å². The molecule has 1 saturated heterocycles. The van der Waals surface area contributed by atoms with Crippen molar-refractivity contribution in [2.75, 3.05) is 13.2 Å². The van der Waals surface area contributed by atoms with Gasteiger partial charge >= 0.3 is 5.97 Å². The monoisotopic (exact) mass is 260 g/mol. The first-order valence-corrected chi connectivity index (χ1v) is 6.35. The van der Waals surface area contributed by atoms with Crippen molar-refractivity contribution in [1.29, 1.82) is 0 Å². The van der Waals surface area contributed by atoms with E-state index in [2.05, 4.69) is 11.7 Å². The third-order valence-corrected chi connectivity index (χ3v) is 2.81. The second-order valence-electron chi connectivity index (χ2n) is 4.33. The molecule has 0 spiro atoms. The van der Waals surface area contributed by atoms with Crippen LogP contribution in [0.4, 0.5) is 0 Å². The molecule has 1 fully saturated rings. The maximum atomic E-state index is 11.4. The van der Waals surface area contributed by atoms with Crippen LogP contribution in [0.15, 0.2) is 29.8 Å². The van der Waals surface area contributed by atoms with Gasteiger partial charge in [0.2, 0.25) is 5.78 Å². The van der Waals surface area contributed by atoms with Gasteiger partial charge in [0.15, 0.2) is 6.61 Å². The third kappa shape index (κ3) is 3.44. The summed E-state index contributed by atoms with van der Waals surface area (Å²) in [5.41, 5.74) is 0.893. The Balaban J connectivity index is 2.04. The Morgan fingerprint density at radius 3 is 2.58 bits per heavy atom. The Morgan fingerprint density at radius 1 is 1.26 bits per heavy atom. The molecule has 2 rings (SSSR count). The summed E-state index contributed by atoms with van der Waals surface area (Å²) < 4.78 is 10.2. The summed E-state index contributed by atoms with van der Waals surface area (Å²) >= 11 is 0. The molecular formula is C15H16O4. The average molecular weight is 260 g/mol. The Morgan fingerprint density at radius 2 is 2.00 bits per heavy atom. The van der Waals surface area contributed by atoms with Crippen molar-refractivity contribution in [3.8, 4) is 5.75 Å². The summed E-state index contributed by atoms with van der Waals surface area (Å²) in [6.45, 7) is 2.65. The van der Waals surface area contributed by atoms with Gasteiger partial charge in [-0.3, -0.25) is 4.79 Å². The number of Topliss-reactive ketones (excluding diaryl/α,β-unsaturated/α-hetero) is 1. The van der Waals surface area contributed by atoms with Gasteiger partial charge in [0.1, 0.15) is 11.3 Å². The summed E-state index contributed by atoms with van der Waals surface area (Å²) in [7, 11) is 0. The van der Waals surface area contributed by atoms with Gasteiger partial charge in [-0.25, -0.2) is 4.79 Å². The normalized spacial score (nSPS) is 16.8. The van der Waals surface area contributed by atoms with Crippen molar-refractivity contribution >= 4 is 17.8 Å². The predicted octanol–water partition coefficient (Wildman–Crippen LogP) is 2.37. The van der Waals surface area contributed by atoms with E-state index in [9.17, 15) is 9.59 Å². The van der Waals surface area contributed by atoms with Crippen LogP contribution in [0.5, 0.6) is 5.75 Å². The molecule has 0 radical (unpaired) electrons. The molecule has 1 aliphatic rings. The highest BCUT2D eigenvalue weighted by atomic mass is 16.5. The fourth-order valence-corrected chi connectivity index (χ4v) is 1.70. The summed E-state index contributed by atoms with van der Waals surface area (Å²) in [4.78, 5) is 22.7. The standard InChI is InChI=1S/C15H16O4/c1-2-3-8-18-12-6-4-11(5-7-12)9-13-14(16)10-19-15(13)17/h4-7,9H,2-3,8,10H2,1H3/b13-9-. The molecule has 0 atom stereocenters. The number of benzene rings is 1. The highest BCUT2D eigenvalue weighted by molar-refractivity contribution is 6.24. The first-order chi connectivity index (χ1) is 9.20. The van der Waals surface area contributed by atoms with Crippen LogP contribution < -0.4 is 4.74 Å². The number of carbonyl (C=O) groups excluding carboxylic acids is 2. The molecule has 19 heavy (non-hydrogen) atoms. The van der Waals surface area contributed by atoms with Crippen molar-refractivity contribution < 1.29 is 19.1 Å². The quantitative estimate of drug-likeness (QED) is 0.353. The molecule has 0 bridgehead atoms. The van der Waals surface area contributed by atoms with Crippen molar-refractivity contribution in [1.82, 2.24) is 0 Å². The summed E-state index contributed by atoms with van der Waals surface area (Å²) in [5, 5.41) is 0. The number of hydrogen-bond donors (Lipinski definition) is 0. The van der Waals surface area contributed by atoms with Crippen LogP contribution in [0.3, 0.4) is 0 Å². The summed E-state index contributed by atoms with van der Waals surface area (Å²) in [6, 6.07) is 7.28. The molecule has 1 aromatic rings. The number of esters is 1. The molecule has 0 N–H and O–H groups in total. The lowest BCUT2D eigenvalue weighted by Crippen LogP contribution is -2.00. The van der Waals surface area contributed by atoms with Crippen LogP contribution in [-0.4, -0.2) is 25.0 Å². The van der Waals surface area contributed by atoms with Crippen LogP contribution in [-0.2, 0) is 14.3 Å². The Labute approximate surface area is 112 Å². The van der Waals surface area contributed by atoms with Gasteiger partial charge in [-0.1, -0.05) is 25.5 Å². The molecule has 0 aromatic heterocycles. The van der Waals surface area contributed by atoms with Gasteiger partial charge in [0.05, 0.1) is 6.61 Å². The van der Waals surface area contributed by atoms with Crippen molar-refractivity contribution in [3.63, 3.8) is 0 Å². The van der Waals surface area contributed by atoms with Crippen LogP contribution in [0, 0.1) is 0 Å². The van der Waals surface area contributed by atoms with Crippen molar-refractivity contribution in [2.45, 2.75) is 19.8 Å². The molecule has 0 amide bonds. The molecule has 4 nitrogen and oxygen atoms in total. The minimum Gasteiger partial charge on any atom is -0.494 e. The zero-order chi connectivity index (χ0) is 13.7. The van der Waals surface area contributed by atoms with Crippen LogP contribution in [0.2, 0.25) is 0 Å².